The molecule has 11 heavy (non-hydrogen) atoms. The molecule has 0 aromatic rings. The lowest BCUT2D eigenvalue weighted by Gasteiger charge is -2.34. The molecule has 0 bridgehead atoms. The summed E-state index contributed by atoms with van der Waals surface area (Å²) in [5.74, 6) is 0.473. The largest absolute Gasteiger partial charge is 0.300 e. The maximum Gasteiger partial charge on any atom is 0.136 e. The van der Waals surface area contributed by atoms with Crippen molar-refractivity contribution in [2.24, 2.45) is 0 Å². The van der Waals surface area contributed by atoms with Gasteiger partial charge in [-0.15, -0.1) is 0 Å². The molecule has 0 N–H and O–H groups in total. The molecule has 2 atom stereocenters. The van der Waals surface area contributed by atoms with Crippen molar-refractivity contribution < 1.29 is 4.79 Å². The van der Waals surface area contributed by atoms with Crippen molar-refractivity contribution >= 4 is 5.78 Å². The van der Waals surface area contributed by atoms with Gasteiger partial charge in [0.25, 0.3) is 0 Å². The zero-order valence-corrected chi connectivity index (χ0v) is 7.05. The van der Waals surface area contributed by atoms with Gasteiger partial charge in [0.1, 0.15) is 5.78 Å². The van der Waals surface area contributed by atoms with Crippen LogP contribution < -0.4 is 0 Å². The van der Waals surface area contributed by atoms with E-state index in [-0.39, 0.29) is 0 Å². The third kappa shape index (κ3) is 1.20. The number of piperidine rings is 1. The molecule has 2 fully saturated rings. The number of ketones is 1. The number of nitrogens with zero attached hydrogens (tertiary/aromatic N) is 1. The molecular weight excluding hydrogens is 138 g/mol. The van der Waals surface area contributed by atoms with Crippen molar-refractivity contribution in [3.8, 4) is 0 Å². The van der Waals surface area contributed by atoms with Crippen LogP contribution in [0.2, 0.25) is 0 Å². The van der Waals surface area contributed by atoms with Gasteiger partial charge in [0, 0.05) is 24.9 Å². The first-order valence-corrected chi connectivity index (χ1v) is 4.55. The molecule has 2 aliphatic rings. The first kappa shape index (κ1) is 7.29. The summed E-state index contributed by atoms with van der Waals surface area (Å²) >= 11 is 0. The lowest BCUT2D eigenvalue weighted by atomic mass is 9.96. The van der Waals surface area contributed by atoms with E-state index < -0.39 is 0 Å². The summed E-state index contributed by atoms with van der Waals surface area (Å²) in [7, 11) is 0. The van der Waals surface area contributed by atoms with Gasteiger partial charge in [-0.25, -0.2) is 0 Å². The van der Waals surface area contributed by atoms with Crippen LogP contribution in [0.5, 0.6) is 0 Å². The molecule has 2 heterocycles. The fraction of sp³-hybridized carbons (Fsp3) is 0.889. The number of Topliss-reactive ketones (excluding diaryl/α,β-unsaturated/α-hetero) is 1. The fourth-order valence-electron chi connectivity index (χ4n) is 2.45. The van der Waals surface area contributed by atoms with E-state index in [1.165, 1.54) is 19.4 Å². The van der Waals surface area contributed by atoms with Gasteiger partial charge in [0.15, 0.2) is 0 Å². The summed E-state index contributed by atoms with van der Waals surface area (Å²) in [6.45, 7) is 3.40. The second kappa shape index (κ2) is 2.59. The maximum absolute atomic E-state index is 11.2. The summed E-state index contributed by atoms with van der Waals surface area (Å²) < 4.78 is 0. The molecule has 0 aromatic heterocycles. The number of carbonyl (C=O) groups excluding carboxylic acids is 1. The number of fused-ring (bicyclic) bond motifs is 1. The van der Waals surface area contributed by atoms with Crippen LogP contribution in [-0.4, -0.2) is 29.3 Å². The minimum atomic E-state index is 0.473. The Bertz CT molecular complexity index is 178. The Morgan fingerprint density at radius 1 is 1.45 bits per heavy atom. The van der Waals surface area contributed by atoms with E-state index in [9.17, 15) is 4.79 Å². The van der Waals surface area contributed by atoms with Crippen molar-refractivity contribution in [1.29, 1.82) is 0 Å². The van der Waals surface area contributed by atoms with Gasteiger partial charge < -0.3 is 0 Å². The second-order valence-corrected chi connectivity index (χ2v) is 3.83. The van der Waals surface area contributed by atoms with Gasteiger partial charge in [-0.05, 0) is 26.3 Å². The molecule has 0 spiro atoms. The zero-order chi connectivity index (χ0) is 7.84. The molecule has 0 aromatic carbocycles. The van der Waals surface area contributed by atoms with Crippen LogP contribution in [0.3, 0.4) is 0 Å². The summed E-state index contributed by atoms with van der Waals surface area (Å²) in [6.07, 6.45) is 4.15. The molecule has 2 nitrogen and oxygen atoms in total. The maximum atomic E-state index is 11.2. The molecule has 62 valence electrons. The molecule has 2 unspecified atom stereocenters. The molecule has 0 amide bonds. The average molecular weight is 153 g/mol. The van der Waals surface area contributed by atoms with E-state index in [1.807, 2.05) is 0 Å². The summed E-state index contributed by atoms with van der Waals surface area (Å²) in [5, 5.41) is 0. The van der Waals surface area contributed by atoms with Crippen LogP contribution in [0, 0.1) is 0 Å². The van der Waals surface area contributed by atoms with E-state index in [0.29, 0.717) is 17.9 Å². The molecule has 0 saturated carbocycles. The highest BCUT2D eigenvalue weighted by molar-refractivity contribution is 5.80. The Morgan fingerprint density at radius 2 is 2.27 bits per heavy atom. The number of rotatable bonds is 0. The van der Waals surface area contributed by atoms with Gasteiger partial charge in [-0.3, -0.25) is 9.69 Å². The normalized spacial score (nSPS) is 39.2. The van der Waals surface area contributed by atoms with Crippen molar-refractivity contribution in [2.75, 3.05) is 6.54 Å². The van der Waals surface area contributed by atoms with E-state index in [2.05, 4.69) is 11.8 Å². The van der Waals surface area contributed by atoms with Crippen molar-refractivity contribution in [1.82, 2.24) is 4.90 Å². The number of hydrogen-bond acceptors (Lipinski definition) is 2. The Kier molecular flexibility index (Phi) is 1.72. The smallest absolute Gasteiger partial charge is 0.136 e. The minimum absolute atomic E-state index is 0.473. The fourth-order valence-corrected chi connectivity index (χ4v) is 2.45. The monoisotopic (exact) mass is 153 g/mol. The van der Waals surface area contributed by atoms with Crippen molar-refractivity contribution in [3.63, 3.8) is 0 Å². The Hall–Kier alpha value is -0.370. The third-order valence-corrected chi connectivity index (χ3v) is 2.98. The Labute approximate surface area is 67.6 Å². The van der Waals surface area contributed by atoms with Crippen molar-refractivity contribution in [2.45, 2.75) is 44.7 Å². The zero-order valence-electron chi connectivity index (χ0n) is 7.05. The van der Waals surface area contributed by atoms with E-state index >= 15 is 0 Å². The van der Waals surface area contributed by atoms with Crippen LogP contribution in [0.4, 0.5) is 0 Å². The first-order chi connectivity index (χ1) is 5.27. The molecule has 0 radical (unpaired) electrons. The van der Waals surface area contributed by atoms with Crippen LogP contribution in [0.25, 0.3) is 0 Å². The topological polar surface area (TPSA) is 20.3 Å². The first-order valence-electron chi connectivity index (χ1n) is 4.55. The quantitative estimate of drug-likeness (QED) is 0.521. The Balaban J connectivity index is 2.10. The molecule has 2 aliphatic heterocycles. The minimum Gasteiger partial charge on any atom is -0.300 e. The van der Waals surface area contributed by atoms with Gasteiger partial charge in [0.05, 0.1) is 0 Å². The van der Waals surface area contributed by atoms with Gasteiger partial charge in [0.2, 0.25) is 0 Å². The highest BCUT2D eigenvalue weighted by atomic mass is 16.1. The predicted molar refractivity (Wildman–Crippen MR) is 43.4 cm³/mol. The average Bonchev–Trinajstić information content (AvgIpc) is 2.34. The van der Waals surface area contributed by atoms with Crippen LogP contribution >= 0.6 is 0 Å². The van der Waals surface area contributed by atoms with Gasteiger partial charge in [-0.2, -0.15) is 0 Å². The number of carbonyl (C=O) groups is 1. The molecule has 2 heteroatoms. The summed E-state index contributed by atoms with van der Waals surface area (Å²) in [6, 6.07) is 1.12. The van der Waals surface area contributed by atoms with Crippen LogP contribution in [-0.2, 0) is 4.79 Å². The predicted octanol–water partition coefficient (Wildman–Crippen LogP) is 1.20. The third-order valence-electron chi connectivity index (χ3n) is 2.98. The second-order valence-electron chi connectivity index (χ2n) is 3.83. The van der Waals surface area contributed by atoms with E-state index in [0.717, 1.165) is 12.8 Å². The van der Waals surface area contributed by atoms with Gasteiger partial charge >= 0.3 is 0 Å². The Morgan fingerprint density at radius 3 is 3.09 bits per heavy atom. The highest BCUT2D eigenvalue weighted by Crippen LogP contribution is 2.28. The van der Waals surface area contributed by atoms with Gasteiger partial charge in [-0.1, -0.05) is 0 Å². The van der Waals surface area contributed by atoms with E-state index in [1.54, 1.807) is 0 Å². The van der Waals surface area contributed by atoms with E-state index in [4.69, 9.17) is 0 Å². The molecular formula is C9H15NO. The SMILES string of the molecule is CC1CC(=O)CC2CCCN12. The standard InChI is InChI=1S/C9H15NO/c1-7-5-9(11)6-8-3-2-4-10(7)8/h7-8H,2-6H2,1H3. The molecule has 0 aliphatic carbocycles. The number of hydrogen-bond donors (Lipinski definition) is 0. The van der Waals surface area contributed by atoms with Crippen LogP contribution in [0.1, 0.15) is 32.6 Å². The molecule has 2 saturated heterocycles. The molecule has 2 rings (SSSR count). The lowest BCUT2D eigenvalue weighted by Crippen LogP contribution is -2.44. The lowest BCUT2D eigenvalue weighted by molar-refractivity contribution is -0.124. The summed E-state index contributed by atoms with van der Waals surface area (Å²) in [4.78, 5) is 13.7. The van der Waals surface area contributed by atoms with Crippen molar-refractivity contribution in [3.05, 3.63) is 0 Å². The summed E-state index contributed by atoms with van der Waals surface area (Å²) in [5.41, 5.74) is 0. The van der Waals surface area contributed by atoms with Crippen LogP contribution in [0.15, 0.2) is 0 Å². The highest BCUT2D eigenvalue weighted by Gasteiger charge is 2.34.